The van der Waals surface area contributed by atoms with Gasteiger partial charge in [-0.1, -0.05) is 89.7 Å². The van der Waals surface area contributed by atoms with Gasteiger partial charge in [-0.05, 0) is 38.6 Å². The summed E-state index contributed by atoms with van der Waals surface area (Å²) < 4.78 is 0. The van der Waals surface area contributed by atoms with Crippen LogP contribution in [0.3, 0.4) is 0 Å². The third-order valence-corrected chi connectivity index (χ3v) is 4.22. The highest BCUT2D eigenvalue weighted by Gasteiger charge is 1.91. The van der Waals surface area contributed by atoms with Crippen molar-refractivity contribution < 1.29 is 0 Å². The molecule has 0 fully saturated rings. The van der Waals surface area contributed by atoms with E-state index < -0.39 is 0 Å². The minimum atomic E-state index is 0.863. The van der Waals surface area contributed by atoms with E-state index in [1.54, 1.807) is 0 Å². The van der Waals surface area contributed by atoms with Crippen molar-refractivity contribution in [1.29, 1.82) is 0 Å². The first-order valence-corrected chi connectivity index (χ1v) is 9.77. The van der Waals surface area contributed by atoms with E-state index in [-0.39, 0.29) is 0 Å². The van der Waals surface area contributed by atoms with E-state index in [0.717, 1.165) is 6.54 Å². The van der Waals surface area contributed by atoms with Crippen LogP contribution in [0.5, 0.6) is 0 Å². The fourth-order valence-electron chi connectivity index (χ4n) is 2.75. The number of hydrogen-bond acceptors (Lipinski definition) is 1. The van der Waals surface area contributed by atoms with Gasteiger partial charge >= 0.3 is 0 Å². The molecule has 0 aliphatic carbocycles. The zero-order chi connectivity index (χ0) is 15.4. The summed E-state index contributed by atoms with van der Waals surface area (Å²) in [7, 11) is 0. The third-order valence-electron chi connectivity index (χ3n) is 4.22. The predicted octanol–water partition coefficient (Wildman–Crippen LogP) is 6.76. The minimum Gasteiger partial charge on any atom is -0.330 e. The van der Waals surface area contributed by atoms with Crippen LogP contribution < -0.4 is 5.73 Å². The van der Waals surface area contributed by atoms with Crippen molar-refractivity contribution >= 4 is 0 Å². The molecule has 0 amide bonds. The van der Waals surface area contributed by atoms with Gasteiger partial charge in [0.1, 0.15) is 0 Å². The molecule has 1 nitrogen and oxygen atoms in total. The second kappa shape index (κ2) is 19.7. The Morgan fingerprint density at radius 2 is 0.905 bits per heavy atom. The van der Waals surface area contributed by atoms with Crippen molar-refractivity contribution in [3.8, 4) is 0 Å². The molecule has 0 bridgehead atoms. The first-order valence-electron chi connectivity index (χ1n) is 9.77. The molecule has 1 heteroatoms. The van der Waals surface area contributed by atoms with Gasteiger partial charge in [0, 0.05) is 0 Å². The van der Waals surface area contributed by atoms with Crippen molar-refractivity contribution in [3.05, 3.63) is 12.2 Å². The van der Waals surface area contributed by atoms with Gasteiger partial charge in [0.05, 0.1) is 0 Å². The third kappa shape index (κ3) is 19.7. The first-order chi connectivity index (χ1) is 10.4. The lowest BCUT2D eigenvalue weighted by Crippen LogP contribution is -1.97. The summed E-state index contributed by atoms with van der Waals surface area (Å²) in [6, 6.07) is 0. The Bertz CT molecular complexity index is 198. The number of allylic oxidation sites excluding steroid dienone is 2. The monoisotopic (exact) mass is 295 g/mol. The maximum atomic E-state index is 5.49. The van der Waals surface area contributed by atoms with E-state index in [9.17, 15) is 0 Å². The molecular formula is C20H41N. The Morgan fingerprint density at radius 3 is 1.33 bits per heavy atom. The summed E-state index contributed by atoms with van der Waals surface area (Å²) in [5, 5.41) is 0. The first kappa shape index (κ1) is 20.7. The second-order valence-corrected chi connectivity index (χ2v) is 6.43. The molecule has 0 radical (unpaired) electrons. The van der Waals surface area contributed by atoms with Gasteiger partial charge in [0.25, 0.3) is 0 Å². The van der Waals surface area contributed by atoms with E-state index in [1.165, 1.54) is 103 Å². The Labute approximate surface area is 134 Å². The average molecular weight is 296 g/mol. The molecule has 0 saturated carbocycles. The molecule has 0 atom stereocenters. The van der Waals surface area contributed by atoms with Gasteiger partial charge in [0.2, 0.25) is 0 Å². The van der Waals surface area contributed by atoms with Crippen LogP contribution in [0.2, 0.25) is 0 Å². The van der Waals surface area contributed by atoms with E-state index in [1.807, 2.05) is 0 Å². The van der Waals surface area contributed by atoms with Crippen molar-refractivity contribution in [1.82, 2.24) is 0 Å². The highest BCUT2D eigenvalue weighted by molar-refractivity contribution is 4.81. The number of rotatable bonds is 17. The van der Waals surface area contributed by atoms with Crippen molar-refractivity contribution in [2.75, 3.05) is 6.54 Å². The summed E-state index contributed by atoms with van der Waals surface area (Å²) in [5.41, 5.74) is 5.49. The largest absolute Gasteiger partial charge is 0.330 e. The minimum absolute atomic E-state index is 0.863. The summed E-state index contributed by atoms with van der Waals surface area (Å²) in [4.78, 5) is 0. The van der Waals surface area contributed by atoms with Gasteiger partial charge in [0.15, 0.2) is 0 Å². The average Bonchev–Trinajstić information content (AvgIpc) is 2.50. The molecule has 0 aromatic carbocycles. The Balaban J connectivity index is 3.02. The van der Waals surface area contributed by atoms with Crippen LogP contribution in [0.25, 0.3) is 0 Å². The summed E-state index contributed by atoms with van der Waals surface area (Å²) in [6.07, 6.45) is 26.9. The molecule has 0 unspecified atom stereocenters. The van der Waals surface area contributed by atoms with Crippen LogP contribution in [-0.4, -0.2) is 6.54 Å². The Kier molecular flexibility index (Phi) is 19.4. The quantitative estimate of drug-likeness (QED) is 0.233. The summed E-state index contributed by atoms with van der Waals surface area (Å²) >= 11 is 0. The lowest BCUT2D eigenvalue weighted by atomic mass is 10.1. The van der Waals surface area contributed by atoms with E-state index in [0.29, 0.717) is 0 Å². The standard InChI is InChI=1S/C20H41N/c1-2-3-4-5-6-7-8-9-10-11-12-13-14-15-16-17-18-19-20-21/h11-12H,2-10,13-21H2,1H3/b12-11+. The SMILES string of the molecule is CCCCCCCCCC/C=C/CCCCCCCCN. The fraction of sp³-hybridized carbons (Fsp3) is 0.900. The van der Waals surface area contributed by atoms with Crippen LogP contribution in [0.1, 0.15) is 110 Å². The van der Waals surface area contributed by atoms with E-state index >= 15 is 0 Å². The molecule has 126 valence electrons. The zero-order valence-electron chi connectivity index (χ0n) is 14.8. The van der Waals surface area contributed by atoms with E-state index in [4.69, 9.17) is 5.73 Å². The molecule has 0 spiro atoms. The molecule has 0 aliphatic rings. The van der Waals surface area contributed by atoms with Gasteiger partial charge in [-0.2, -0.15) is 0 Å². The molecule has 0 aliphatic heterocycles. The molecule has 0 aromatic heterocycles. The normalized spacial score (nSPS) is 11.5. The smallest absolute Gasteiger partial charge is 0.00773 e. The lowest BCUT2D eigenvalue weighted by molar-refractivity contribution is 0.577. The number of unbranched alkanes of at least 4 members (excludes halogenated alkanes) is 14. The van der Waals surface area contributed by atoms with Crippen LogP contribution in [-0.2, 0) is 0 Å². The van der Waals surface area contributed by atoms with Crippen LogP contribution in [0.4, 0.5) is 0 Å². The van der Waals surface area contributed by atoms with Gasteiger partial charge < -0.3 is 5.73 Å². The molecule has 0 rings (SSSR count). The predicted molar refractivity (Wildman–Crippen MR) is 97.7 cm³/mol. The lowest BCUT2D eigenvalue weighted by Gasteiger charge is -2.00. The van der Waals surface area contributed by atoms with Gasteiger partial charge in [-0.25, -0.2) is 0 Å². The van der Waals surface area contributed by atoms with Crippen molar-refractivity contribution in [2.45, 2.75) is 110 Å². The van der Waals surface area contributed by atoms with Crippen molar-refractivity contribution in [3.63, 3.8) is 0 Å². The highest BCUT2D eigenvalue weighted by atomic mass is 14.5. The molecule has 0 saturated heterocycles. The number of nitrogens with two attached hydrogens (primary N) is 1. The van der Waals surface area contributed by atoms with E-state index in [2.05, 4.69) is 19.1 Å². The maximum absolute atomic E-state index is 5.49. The topological polar surface area (TPSA) is 26.0 Å². The summed E-state index contributed by atoms with van der Waals surface area (Å²) in [5.74, 6) is 0. The Hall–Kier alpha value is -0.300. The van der Waals surface area contributed by atoms with Crippen molar-refractivity contribution in [2.24, 2.45) is 5.73 Å². The molecule has 2 N–H and O–H groups in total. The van der Waals surface area contributed by atoms with Crippen LogP contribution >= 0.6 is 0 Å². The molecule has 0 heterocycles. The Morgan fingerprint density at radius 1 is 0.524 bits per heavy atom. The highest BCUT2D eigenvalue weighted by Crippen LogP contribution is 2.10. The molecule has 21 heavy (non-hydrogen) atoms. The van der Waals surface area contributed by atoms with Crippen LogP contribution in [0.15, 0.2) is 12.2 Å². The zero-order valence-corrected chi connectivity index (χ0v) is 14.8. The second-order valence-electron chi connectivity index (χ2n) is 6.43. The maximum Gasteiger partial charge on any atom is -0.00773 e. The number of hydrogen-bond donors (Lipinski definition) is 1. The van der Waals surface area contributed by atoms with Gasteiger partial charge in [-0.15, -0.1) is 0 Å². The summed E-state index contributed by atoms with van der Waals surface area (Å²) in [6.45, 7) is 3.15. The van der Waals surface area contributed by atoms with Crippen LogP contribution in [0, 0.1) is 0 Å². The molecule has 0 aromatic rings. The fourth-order valence-corrected chi connectivity index (χ4v) is 2.75. The van der Waals surface area contributed by atoms with Gasteiger partial charge in [-0.3, -0.25) is 0 Å². The molecular weight excluding hydrogens is 254 g/mol.